The van der Waals surface area contributed by atoms with Gasteiger partial charge in [-0.2, -0.15) is 13.2 Å². The molecule has 134 valence electrons. The van der Waals surface area contributed by atoms with Crippen molar-refractivity contribution in [2.75, 3.05) is 19.6 Å². The van der Waals surface area contributed by atoms with Gasteiger partial charge in [-0.25, -0.2) is 4.99 Å². The first kappa shape index (κ1) is 19.8. The quantitative estimate of drug-likeness (QED) is 0.526. The summed E-state index contributed by atoms with van der Waals surface area (Å²) in [6.45, 7) is 4.76. The molecule has 24 heavy (non-hydrogen) atoms. The van der Waals surface area contributed by atoms with E-state index in [4.69, 9.17) is 0 Å². The van der Waals surface area contributed by atoms with Gasteiger partial charge in [0, 0.05) is 25.2 Å². The number of guanidine groups is 1. The molecule has 3 N–H and O–H groups in total. The van der Waals surface area contributed by atoms with Crippen molar-refractivity contribution >= 4 is 11.9 Å². The fraction of sp³-hybridized carbons (Fsp3) is 0.500. The Bertz CT molecular complexity index is 558. The predicted molar refractivity (Wildman–Crippen MR) is 87.9 cm³/mol. The smallest absolute Gasteiger partial charge is 0.357 e. The van der Waals surface area contributed by atoms with Crippen LogP contribution in [0.2, 0.25) is 0 Å². The number of benzene rings is 1. The standard InChI is InChI=1S/C16H23F3N4O/c1-3-20-14(24)13-7-5-6-12(10-13)11-23-15(21-4-2)22-9-8-16(17,18)19/h5-7,10H,3-4,8-9,11H2,1-2H3,(H,20,24)(H2,21,22,23). The number of carbonyl (C=O) groups excluding carboxylic acids is 1. The van der Waals surface area contributed by atoms with Gasteiger partial charge in [0.05, 0.1) is 13.0 Å². The average molecular weight is 344 g/mol. The van der Waals surface area contributed by atoms with E-state index in [1.807, 2.05) is 19.9 Å². The fourth-order valence-corrected chi connectivity index (χ4v) is 1.91. The van der Waals surface area contributed by atoms with Crippen LogP contribution in [0.15, 0.2) is 29.3 Å². The number of rotatable bonds is 7. The van der Waals surface area contributed by atoms with Crippen LogP contribution >= 0.6 is 0 Å². The van der Waals surface area contributed by atoms with Crippen molar-refractivity contribution in [1.29, 1.82) is 0 Å². The molecule has 0 aliphatic rings. The van der Waals surface area contributed by atoms with E-state index in [9.17, 15) is 18.0 Å². The van der Waals surface area contributed by atoms with E-state index in [0.29, 0.717) is 24.6 Å². The lowest BCUT2D eigenvalue weighted by Gasteiger charge is -2.12. The molecule has 0 fully saturated rings. The molecule has 0 unspecified atom stereocenters. The molecule has 8 heteroatoms. The summed E-state index contributed by atoms with van der Waals surface area (Å²) >= 11 is 0. The molecule has 1 amide bonds. The second-order valence-electron chi connectivity index (χ2n) is 5.05. The van der Waals surface area contributed by atoms with Gasteiger partial charge in [-0.05, 0) is 31.5 Å². The normalized spacial score (nSPS) is 12.0. The van der Waals surface area contributed by atoms with Crippen LogP contribution in [0.1, 0.15) is 36.2 Å². The summed E-state index contributed by atoms with van der Waals surface area (Å²) < 4.78 is 36.6. The van der Waals surface area contributed by atoms with Gasteiger partial charge < -0.3 is 16.0 Å². The molecule has 0 saturated heterocycles. The molecule has 1 aromatic carbocycles. The Morgan fingerprint density at radius 3 is 2.46 bits per heavy atom. The van der Waals surface area contributed by atoms with Crippen LogP contribution in [0.5, 0.6) is 0 Å². The van der Waals surface area contributed by atoms with Crippen molar-refractivity contribution in [3.8, 4) is 0 Å². The number of hydrogen-bond donors (Lipinski definition) is 3. The zero-order valence-electron chi connectivity index (χ0n) is 13.8. The summed E-state index contributed by atoms with van der Waals surface area (Å²) in [5.41, 5.74) is 1.33. The van der Waals surface area contributed by atoms with Crippen LogP contribution in [0.3, 0.4) is 0 Å². The third-order valence-electron chi connectivity index (χ3n) is 2.99. The van der Waals surface area contributed by atoms with Gasteiger partial charge in [0.2, 0.25) is 0 Å². The molecule has 0 atom stereocenters. The molecular formula is C16H23F3N4O. The van der Waals surface area contributed by atoms with Crippen molar-refractivity contribution < 1.29 is 18.0 Å². The largest absolute Gasteiger partial charge is 0.390 e. The van der Waals surface area contributed by atoms with Crippen molar-refractivity contribution in [2.24, 2.45) is 4.99 Å². The highest BCUT2D eigenvalue weighted by Crippen LogP contribution is 2.18. The predicted octanol–water partition coefficient (Wildman–Crippen LogP) is 2.44. The van der Waals surface area contributed by atoms with Crippen LogP contribution < -0.4 is 16.0 Å². The van der Waals surface area contributed by atoms with E-state index in [2.05, 4.69) is 20.9 Å². The Morgan fingerprint density at radius 1 is 1.12 bits per heavy atom. The number of amides is 1. The van der Waals surface area contributed by atoms with Gasteiger partial charge >= 0.3 is 6.18 Å². The molecule has 0 aliphatic heterocycles. The maximum absolute atomic E-state index is 12.2. The minimum Gasteiger partial charge on any atom is -0.357 e. The third-order valence-corrected chi connectivity index (χ3v) is 2.99. The fourth-order valence-electron chi connectivity index (χ4n) is 1.91. The number of aliphatic imine (C=N–C) groups is 1. The molecule has 0 heterocycles. The van der Waals surface area contributed by atoms with Crippen LogP contribution in [-0.4, -0.2) is 37.7 Å². The molecule has 0 spiro atoms. The molecule has 1 rings (SSSR count). The highest BCUT2D eigenvalue weighted by atomic mass is 19.4. The van der Waals surface area contributed by atoms with Crippen molar-refractivity contribution in [2.45, 2.75) is 33.0 Å². The van der Waals surface area contributed by atoms with Crippen molar-refractivity contribution in [3.63, 3.8) is 0 Å². The number of halogens is 3. The molecule has 1 aromatic rings. The van der Waals surface area contributed by atoms with E-state index in [1.165, 1.54) is 0 Å². The summed E-state index contributed by atoms with van der Waals surface area (Å²) in [4.78, 5) is 16.0. The highest BCUT2D eigenvalue weighted by molar-refractivity contribution is 5.94. The SMILES string of the molecule is CCNC(=O)c1cccc(CN=C(NCC)NCCC(F)(F)F)c1. The number of carbonyl (C=O) groups is 1. The van der Waals surface area contributed by atoms with Gasteiger partial charge in [-0.1, -0.05) is 12.1 Å². The Balaban J connectivity index is 2.68. The number of alkyl halides is 3. The number of hydrogen-bond acceptors (Lipinski definition) is 2. The lowest BCUT2D eigenvalue weighted by molar-refractivity contribution is -0.132. The number of nitrogens with zero attached hydrogens (tertiary/aromatic N) is 1. The number of nitrogens with one attached hydrogen (secondary N) is 3. The Morgan fingerprint density at radius 2 is 1.83 bits per heavy atom. The molecule has 0 aliphatic carbocycles. The molecule has 0 radical (unpaired) electrons. The monoisotopic (exact) mass is 344 g/mol. The summed E-state index contributed by atoms with van der Waals surface area (Å²) in [6, 6.07) is 6.98. The summed E-state index contributed by atoms with van der Waals surface area (Å²) in [5.74, 6) is 0.142. The molecule has 0 bridgehead atoms. The van der Waals surface area contributed by atoms with Crippen LogP contribution in [-0.2, 0) is 6.54 Å². The van der Waals surface area contributed by atoms with Gasteiger partial charge in [0.25, 0.3) is 5.91 Å². The lowest BCUT2D eigenvalue weighted by atomic mass is 10.1. The van der Waals surface area contributed by atoms with Crippen molar-refractivity contribution in [3.05, 3.63) is 35.4 Å². The summed E-state index contributed by atoms with van der Waals surface area (Å²) in [7, 11) is 0. The zero-order valence-corrected chi connectivity index (χ0v) is 13.8. The summed E-state index contributed by atoms with van der Waals surface area (Å²) in [6.07, 6.45) is -5.13. The van der Waals surface area contributed by atoms with E-state index in [-0.39, 0.29) is 19.0 Å². The first-order valence-electron chi connectivity index (χ1n) is 7.81. The second kappa shape index (κ2) is 9.79. The van der Waals surface area contributed by atoms with Crippen LogP contribution in [0.4, 0.5) is 13.2 Å². The Hall–Kier alpha value is -2.25. The van der Waals surface area contributed by atoms with E-state index >= 15 is 0 Å². The molecule has 0 aromatic heterocycles. The summed E-state index contributed by atoms with van der Waals surface area (Å²) in [5, 5.41) is 8.24. The van der Waals surface area contributed by atoms with E-state index in [1.54, 1.807) is 18.2 Å². The first-order chi connectivity index (χ1) is 11.4. The third kappa shape index (κ3) is 7.85. The maximum Gasteiger partial charge on any atom is 0.390 e. The van der Waals surface area contributed by atoms with E-state index in [0.717, 1.165) is 5.56 Å². The van der Waals surface area contributed by atoms with Crippen LogP contribution in [0, 0.1) is 0 Å². The van der Waals surface area contributed by atoms with Crippen LogP contribution in [0.25, 0.3) is 0 Å². The first-order valence-corrected chi connectivity index (χ1v) is 7.81. The minimum absolute atomic E-state index is 0.168. The Labute approximate surface area is 139 Å². The molecule has 0 saturated carbocycles. The molecule has 5 nitrogen and oxygen atoms in total. The Kier molecular flexibility index (Phi) is 8.08. The maximum atomic E-state index is 12.2. The van der Waals surface area contributed by atoms with Gasteiger partial charge in [-0.15, -0.1) is 0 Å². The zero-order chi connectivity index (χ0) is 18.0. The highest BCUT2D eigenvalue weighted by Gasteiger charge is 2.26. The van der Waals surface area contributed by atoms with Gasteiger partial charge in [0.15, 0.2) is 5.96 Å². The van der Waals surface area contributed by atoms with Crippen molar-refractivity contribution in [1.82, 2.24) is 16.0 Å². The molecular weight excluding hydrogens is 321 g/mol. The van der Waals surface area contributed by atoms with Gasteiger partial charge in [-0.3, -0.25) is 4.79 Å². The average Bonchev–Trinajstić information content (AvgIpc) is 2.52. The van der Waals surface area contributed by atoms with E-state index < -0.39 is 12.6 Å². The van der Waals surface area contributed by atoms with Gasteiger partial charge in [0.1, 0.15) is 0 Å². The topological polar surface area (TPSA) is 65.5 Å². The lowest BCUT2D eigenvalue weighted by Crippen LogP contribution is -2.38. The second-order valence-corrected chi connectivity index (χ2v) is 5.05. The minimum atomic E-state index is -4.20.